The summed E-state index contributed by atoms with van der Waals surface area (Å²) in [5.41, 5.74) is 0.933. The SMILES string of the molecule is COc1cc2nccc(Oc3ccc(NC(=O)c4cc(N5CCCC5=O)c(=O)n(C5CCCC5)c4)cc3F)c2cc1OC. The Kier molecular flexibility index (Phi) is 7.71. The van der Waals surface area contributed by atoms with E-state index in [1.165, 1.54) is 37.3 Å². The van der Waals surface area contributed by atoms with Crippen molar-refractivity contribution in [3.05, 3.63) is 76.6 Å². The molecule has 1 aliphatic heterocycles. The van der Waals surface area contributed by atoms with E-state index in [0.29, 0.717) is 47.5 Å². The number of hydrogen-bond acceptors (Lipinski definition) is 7. The van der Waals surface area contributed by atoms with Crippen LogP contribution in [0.4, 0.5) is 15.8 Å². The molecule has 0 bridgehead atoms. The van der Waals surface area contributed by atoms with Crippen LogP contribution in [0.1, 0.15) is 54.9 Å². The lowest BCUT2D eigenvalue weighted by atomic mass is 10.1. The average Bonchev–Trinajstić information content (AvgIpc) is 3.70. The predicted octanol–water partition coefficient (Wildman–Crippen LogP) is 5.84. The fraction of sp³-hybridized carbons (Fsp3) is 0.312. The van der Waals surface area contributed by atoms with E-state index in [-0.39, 0.29) is 40.2 Å². The fourth-order valence-electron chi connectivity index (χ4n) is 5.78. The molecule has 1 saturated heterocycles. The number of ether oxygens (including phenoxy) is 3. The zero-order valence-corrected chi connectivity index (χ0v) is 23.9. The highest BCUT2D eigenvalue weighted by Crippen LogP contribution is 2.38. The summed E-state index contributed by atoms with van der Waals surface area (Å²) in [6, 6.07) is 10.6. The summed E-state index contributed by atoms with van der Waals surface area (Å²) in [6.07, 6.45) is 7.77. The third-order valence-electron chi connectivity index (χ3n) is 7.99. The zero-order valence-electron chi connectivity index (χ0n) is 23.9. The number of nitrogens with one attached hydrogen (secondary N) is 1. The van der Waals surface area contributed by atoms with Crippen LogP contribution in [0.3, 0.4) is 0 Å². The van der Waals surface area contributed by atoms with Crippen molar-refractivity contribution in [2.24, 2.45) is 0 Å². The van der Waals surface area contributed by atoms with Crippen LogP contribution < -0.4 is 30.0 Å². The van der Waals surface area contributed by atoms with Gasteiger partial charge in [-0.1, -0.05) is 12.8 Å². The number of hydrogen-bond donors (Lipinski definition) is 1. The van der Waals surface area contributed by atoms with Gasteiger partial charge in [0.05, 0.1) is 25.3 Å². The van der Waals surface area contributed by atoms with E-state index < -0.39 is 11.7 Å². The topological polar surface area (TPSA) is 112 Å². The maximum absolute atomic E-state index is 15.3. The Balaban J connectivity index is 1.26. The third kappa shape index (κ3) is 5.50. The molecule has 0 atom stereocenters. The molecule has 0 unspecified atom stereocenters. The third-order valence-corrected chi connectivity index (χ3v) is 7.99. The number of carbonyl (C=O) groups excluding carboxylic acids is 2. The molecule has 6 rings (SSSR count). The number of aromatic nitrogens is 2. The lowest BCUT2D eigenvalue weighted by Crippen LogP contribution is -2.35. The molecule has 10 nitrogen and oxygen atoms in total. The van der Waals surface area contributed by atoms with Crippen molar-refractivity contribution in [1.29, 1.82) is 0 Å². The second kappa shape index (κ2) is 11.7. The molecule has 0 radical (unpaired) electrons. The van der Waals surface area contributed by atoms with E-state index in [0.717, 1.165) is 31.7 Å². The van der Waals surface area contributed by atoms with Gasteiger partial charge < -0.3 is 29.0 Å². The Bertz CT molecular complexity index is 1780. The summed E-state index contributed by atoms with van der Waals surface area (Å²) in [6.45, 7) is 0.434. The van der Waals surface area contributed by atoms with Gasteiger partial charge in [0.2, 0.25) is 5.91 Å². The van der Waals surface area contributed by atoms with Gasteiger partial charge in [0, 0.05) is 54.6 Å². The maximum atomic E-state index is 15.3. The molecule has 2 aromatic heterocycles. The normalized spacial score (nSPS) is 15.2. The van der Waals surface area contributed by atoms with Gasteiger partial charge in [-0.25, -0.2) is 4.39 Å². The largest absolute Gasteiger partial charge is 0.493 e. The van der Waals surface area contributed by atoms with E-state index in [1.54, 1.807) is 35.2 Å². The van der Waals surface area contributed by atoms with Crippen molar-refractivity contribution in [3.63, 3.8) is 0 Å². The maximum Gasteiger partial charge on any atom is 0.274 e. The van der Waals surface area contributed by atoms with E-state index >= 15 is 4.39 Å². The highest BCUT2D eigenvalue weighted by molar-refractivity contribution is 6.05. The molecule has 2 fully saturated rings. The van der Waals surface area contributed by atoms with Gasteiger partial charge in [-0.2, -0.15) is 0 Å². The molecule has 43 heavy (non-hydrogen) atoms. The smallest absolute Gasteiger partial charge is 0.274 e. The van der Waals surface area contributed by atoms with Crippen LogP contribution in [-0.2, 0) is 4.79 Å². The molecule has 222 valence electrons. The minimum atomic E-state index is -0.692. The van der Waals surface area contributed by atoms with Gasteiger partial charge in [-0.3, -0.25) is 19.4 Å². The van der Waals surface area contributed by atoms with Crippen molar-refractivity contribution in [2.45, 2.75) is 44.6 Å². The molecule has 2 aromatic carbocycles. The Morgan fingerprint density at radius 3 is 2.42 bits per heavy atom. The summed E-state index contributed by atoms with van der Waals surface area (Å²) in [4.78, 5) is 45.0. The lowest BCUT2D eigenvalue weighted by Gasteiger charge is -2.21. The van der Waals surface area contributed by atoms with Crippen molar-refractivity contribution < 1.29 is 28.2 Å². The summed E-state index contributed by atoms with van der Waals surface area (Å²) >= 11 is 0. The quantitative estimate of drug-likeness (QED) is 0.276. The van der Waals surface area contributed by atoms with E-state index in [4.69, 9.17) is 14.2 Å². The van der Waals surface area contributed by atoms with Crippen LogP contribution in [0.15, 0.2) is 59.7 Å². The van der Waals surface area contributed by atoms with Crippen molar-refractivity contribution >= 4 is 34.1 Å². The van der Waals surface area contributed by atoms with Crippen molar-refractivity contribution in [2.75, 3.05) is 31.0 Å². The molecule has 4 aromatic rings. The minimum Gasteiger partial charge on any atom is -0.493 e. The molecule has 1 aliphatic carbocycles. The molecule has 0 spiro atoms. The number of rotatable bonds is 8. The summed E-state index contributed by atoms with van der Waals surface area (Å²) in [5, 5.41) is 3.32. The Morgan fingerprint density at radius 2 is 1.72 bits per heavy atom. The van der Waals surface area contributed by atoms with Crippen molar-refractivity contribution in [3.8, 4) is 23.0 Å². The Labute approximate surface area is 247 Å². The average molecular weight is 587 g/mol. The molecular weight excluding hydrogens is 555 g/mol. The highest BCUT2D eigenvalue weighted by atomic mass is 19.1. The number of anilines is 2. The first-order valence-electron chi connectivity index (χ1n) is 14.2. The molecule has 11 heteroatoms. The standard InChI is InChI=1S/C32H31FN4O6/c1-41-28-16-22-24(17-29(28)42-2)34-12-11-26(22)43-27-10-9-20(15-23(27)33)35-31(39)19-14-25(36-13-5-8-30(36)38)32(40)37(18-19)21-6-3-4-7-21/h9-12,14-18,21H,3-8,13H2,1-2H3,(H,35,39). The summed E-state index contributed by atoms with van der Waals surface area (Å²) in [5.74, 6) is -0.0578. The number of amides is 2. The summed E-state index contributed by atoms with van der Waals surface area (Å²) in [7, 11) is 3.04. The van der Waals surface area contributed by atoms with Crippen LogP contribution in [0, 0.1) is 5.82 Å². The molecule has 1 saturated carbocycles. The Morgan fingerprint density at radius 1 is 0.953 bits per heavy atom. The lowest BCUT2D eigenvalue weighted by molar-refractivity contribution is -0.117. The summed E-state index contributed by atoms with van der Waals surface area (Å²) < 4.78 is 33.5. The van der Waals surface area contributed by atoms with Gasteiger partial charge in [0.1, 0.15) is 11.4 Å². The molecule has 2 aliphatic rings. The first kappa shape index (κ1) is 28.2. The number of nitrogens with zero attached hydrogens (tertiary/aromatic N) is 3. The Hall–Kier alpha value is -4.93. The monoisotopic (exact) mass is 586 g/mol. The van der Waals surface area contributed by atoms with Crippen LogP contribution in [0.25, 0.3) is 10.9 Å². The van der Waals surface area contributed by atoms with Crippen LogP contribution >= 0.6 is 0 Å². The van der Waals surface area contributed by atoms with Crippen molar-refractivity contribution in [1.82, 2.24) is 9.55 Å². The van der Waals surface area contributed by atoms with Gasteiger partial charge in [0.25, 0.3) is 11.5 Å². The van der Waals surface area contributed by atoms with E-state index in [1.807, 2.05) is 0 Å². The fourth-order valence-corrected chi connectivity index (χ4v) is 5.78. The molecular formula is C32H31FN4O6. The highest BCUT2D eigenvalue weighted by Gasteiger charge is 2.28. The zero-order chi connectivity index (χ0) is 30.1. The van der Waals surface area contributed by atoms with Crippen LogP contribution in [0.5, 0.6) is 23.0 Å². The number of pyridine rings is 2. The first-order chi connectivity index (χ1) is 20.9. The number of methoxy groups -OCH3 is 2. The van der Waals surface area contributed by atoms with E-state index in [9.17, 15) is 14.4 Å². The molecule has 1 N–H and O–H groups in total. The van der Waals surface area contributed by atoms with Crippen LogP contribution in [-0.4, -0.2) is 42.1 Å². The predicted molar refractivity (Wildman–Crippen MR) is 159 cm³/mol. The number of carbonyl (C=O) groups is 2. The number of benzene rings is 2. The van der Waals surface area contributed by atoms with Gasteiger partial charge in [0.15, 0.2) is 23.1 Å². The van der Waals surface area contributed by atoms with Gasteiger partial charge in [-0.05, 0) is 49.6 Å². The first-order valence-corrected chi connectivity index (χ1v) is 14.2. The second-order valence-electron chi connectivity index (χ2n) is 10.6. The number of fused-ring (bicyclic) bond motifs is 1. The molecule has 2 amide bonds. The van der Waals surface area contributed by atoms with E-state index in [2.05, 4.69) is 10.3 Å². The molecule has 3 heterocycles. The second-order valence-corrected chi connectivity index (χ2v) is 10.6. The van der Waals surface area contributed by atoms with Crippen LogP contribution in [0.2, 0.25) is 0 Å². The van der Waals surface area contributed by atoms with Gasteiger partial charge >= 0.3 is 0 Å². The van der Waals surface area contributed by atoms with Gasteiger partial charge in [-0.15, -0.1) is 0 Å². The minimum absolute atomic E-state index is 0.0316. The number of halogens is 1.